The van der Waals surface area contributed by atoms with Crippen LogP contribution in [0.1, 0.15) is 5.56 Å². The molecule has 0 atom stereocenters. The van der Waals surface area contributed by atoms with Gasteiger partial charge in [0, 0.05) is 11.6 Å². The third kappa shape index (κ3) is 2.64. The molecule has 1 heterocycles. The van der Waals surface area contributed by atoms with E-state index in [0.717, 1.165) is 0 Å². The molecule has 8 nitrogen and oxygen atoms in total. The number of amides is 2. The molecule has 1 aliphatic rings. The van der Waals surface area contributed by atoms with Crippen LogP contribution in [0, 0.1) is 11.3 Å². The molecule has 114 valence electrons. The van der Waals surface area contributed by atoms with Crippen LogP contribution in [0.2, 0.25) is 0 Å². The Labute approximate surface area is 126 Å². The number of benzene rings is 1. The molecule has 0 radical (unpaired) electrons. The number of hydrogen-bond donors (Lipinski definition) is 1. The minimum atomic E-state index is -1.14. The van der Waals surface area contributed by atoms with E-state index in [0.29, 0.717) is 17.1 Å². The van der Waals surface area contributed by atoms with Gasteiger partial charge in [-0.25, -0.2) is 4.79 Å². The first kappa shape index (κ1) is 15.2. The molecule has 2 rings (SSSR count). The SMILES string of the molecule is COc1ccc(CN2C(=O)C(OC(N)=O)=C2C#N)c(OC)c1. The van der Waals surface area contributed by atoms with Crippen molar-refractivity contribution in [2.24, 2.45) is 5.73 Å². The van der Waals surface area contributed by atoms with Crippen LogP contribution >= 0.6 is 0 Å². The Morgan fingerprint density at radius 1 is 1.36 bits per heavy atom. The summed E-state index contributed by atoms with van der Waals surface area (Å²) in [6, 6.07) is 6.89. The highest BCUT2D eigenvalue weighted by Crippen LogP contribution is 2.32. The summed E-state index contributed by atoms with van der Waals surface area (Å²) in [4.78, 5) is 23.8. The fraction of sp³-hybridized carbons (Fsp3) is 0.214. The van der Waals surface area contributed by atoms with Gasteiger partial charge in [-0.1, -0.05) is 0 Å². The predicted molar refractivity (Wildman–Crippen MR) is 73.4 cm³/mol. The van der Waals surface area contributed by atoms with Gasteiger partial charge >= 0.3 is 6.09 Å². The monoisotopic (exact) mass is 303 g/mol. The number of carbonyl (C=O) groups excluding carboxylic acids is 2. The second kappa shape index (κ2) is 6.05. The van der Waals surface area contributed by atoms with E-state index in [1.54, 1.807) is 24.3 Å². The summed E-state index contributed by atoms with van der Waals surface area (Å²) < 4.78 is 14.8. The lowest BCUT2D eigenvalue weighted by molar-refractivity contribution is -0.132. The Morgan fingerprint density at radius 3 is 2.64 bits per heavy atom. The van der Waals surface area contributed by atoms with Gasteiger partial charge in [-0.05, 0) is 12.1 Å². The third-order valence-corrected chi connectivity index (χ3v) is 3.06. The van der Waals surface area contributed by atoms with E-state index in [9.17, 15) is 9.59 Å². The van der Waals surface area contributed by atoms with Gasteiger partial charge in [0.2, 0.25) is 5.76 Å². The second-order valence-electron chi connectivity index (χ2n) is 4.28. The standard InChI is InChI=1S/C14H13N3O5/c1-20-9-4-3-8(11(5-9)21-2)7-17-10(6-15)12(13(17)18)22-14(16)19/h3-5H,7H2,1-2H3,(H2,16,19). The molecule has 1 aromatic carbocycles. The molecule has 2 amide bonds. The molecular weight excluding hydrogens is 290 g/mol. The summed E-state index contributed by atoms with van der Waals surface area (Å²) >= 11 is 0. The van der Waals surface area contributed by atoms with Crippen molar-refractivity contribution in [3.8, 4) is 17.6 Å². The Morgan fingerprint density at radius 2 is 2.09 bits per heavy atom. The molecule has 0 aliphatic carbocycles. The average Bonchev–Trinajstić information content (AvgIpc) is 2.52. The Hall–Kier alpha value is -3.21. The van der Waals surface area contributed by atoms with Crippen molar-refractivity contribution in [1.82, 2.24) is 4.90 Å². The number of nitrogens with two attached hydrogens (primary N) is 1. The van der Waals surface area contributed by atoms with Crippen molar-refractivity contribution >= 4 is 12.0 Å². The van der Waals surface area contributed by atoms with Gasteiger partial charge in [0.15, 0.2) is 5.70 Å². The lowest BCUT2D eigenvalue weighted by atomic mass is 10.1. The molecule has 22 heavy (non-hydrogen) atoms. The van der Waals surface area contributed by atoms with Crippen molar-refractivity contribution in [2.45, 2.75) is 6.54 Å². The first-order valence-corrected chi connectivity index (χ1v) is 6.16. The lowest BCUT2D eigenvalue weighted by Crippen LogP contribution is -2.43. The number of primary amides is 1. The molecule has 8 heteroatoms. The summed E-state index contributed by atoms with van der Waals surface area (Å²) in [7, 11) is 3.01. The third-order valence-electron chi connectivity index (χ3n) is 3.06. The maximum absolute atomic E-state index is 11.9. The van der Waals surface area contributed by atoms with Crippen molar-refractivity contribution in [1.29, 1.82) is 5.26 Å². The van der Waals surface area contributed by atoms with Crippen molar-refractivity contribution in [3.63, 3.8) is 0 Å². The van der Waals surface area contributed by atoms with Crippen LogP contribution in [-0.2, 0) is 16.1 Å². The number of methoxy groups -OCH3 is 2. The smallest absolute Gasteiger partial charge is 0.410 e. The van der Waals surface area contributed by atoms with Crippen molar-refractivity contribution < 1.29 is 23.8 Å². The Bertz CT molecular complexity index is 705. The molecule has 0 aromatic heterocycles. The molecule has 1 aromatic rings. The largest absolute Gasteiger partial charge is 0.497 e. The van der Waals surface area contributed by atoms with Gasteiger partial charge in [-0.2, -0.15) is 5.26 Å². The topological polar surface area (TPSA) is 115 Å². The van der Waals surface area contributed by atoms with E-state index < -0.39 is 12.0 Å². The maximum Gasteiger partial charge on any atom is 0.410 e. The zero-order valence-electron chi connectivity index (χ0n) is 12.0. The number of ether oxygens (including phenoxy) is 3. The summed E-state index contributed by atoms with van der Waals surface area (Å²) in [6.07, 6.45) is -1.14. The molecule has 0 bridgehead atoms. The Balaban J connectivity index is 2.25. The quantitative estimate of drug-likeness (QED) is 0.863. The fourth-order valence-corrected chi connectivity index (χ4v) is 2.00. The summed E-state index contributed by atoms with van der Waals surface area (Å²) in [5.74, 6) is 0.175. The number of allylic oxidation sites excluding steroid dienone is 1. The minimum Gasteiger partial charge on any atom is -0.497 e. The van der Waals surface area contributed by atoms with Gasteiger partial charge in [-0.3, -0.25) is 9.69 Å². The first-order valence-electron chi connectivity index (χ1n) is 6.16. The number of carbonyl (C=O) groups is 2. The normalized spacial score (nSPS) is 13.3. The number of nitrogens with zero attached hydrogens (tertiary/aromatic N) is 2. The molecule has 0 saturated carbocycles. The zero-order valence-corrected chi connectivity index (χ0v) is 12.0. The van der Waals surface area contributed by atoms with Crippen LogP contribution in [0.4, 0.5) is 4.79 Å². The van der Waals surface area contributed by atoms with Crippen molar-refractivity contribution in [3.05, 3.63) is 35.2 Å². The van der Waals surface area contributed by atoms with Crippen LogP contribution in [0.15, 0.2) is 29.7 Å². The molecule has 1 aliphatic heterocycles. The van der Waals surface area contributed by atoms with Gasteiger partial charge in [0.05, 0.1) is 20.8 Å². The zero-order chi connectivity index (χ0) is 16.3. The highest BCUT2D eigenvalue weighted by Gasteiger charge is 2.40. The molecular formula is C14H13N3O5. The number of hydrogen-bond acceptors (Lipinski definition) is 6. The summed E-state index contributed by atoms with van der Waals surface area (Å²) in [5, 5.41) is 9.06. The minimum absolute atomic E-state index is 0.0540. The lowest BCUT2D eigenvalue weighted by Gasteiger charge is -2.31. The van der Waals surface area contributed by atoms with Crippen LogP contribution < -0.4 is 15.2 Å². The van der Waals surface area contributed by atoms with E-state index in [1.807, 2.05) is 0 Å². The van der Waals surface area contributed by atoms with Crippen molar-refractivity contribution in [2.75, 3.05) is 14.2 Å². The average molecular weight is 303 g/mol. The van der Waals surface area contributed by atoms with E-state index in [2.05, 4.69) is 4.74 Å². The van der Waals surface area contributed by atoms with Gasteiger partial charge in [0.25, 0.3) is 5.91 Å². The van der Waals surface area contributed by atoms with Gasteiger partial charge in [-0.15, -0.1) is 0 Å². The van der Waals surface area contributed by atoms with Crippen LogP contribution in [0.25, 0.3) is 0 Å². The van der Waals surface area contributed by atoms with E-state index in [-0.39, 0.29) is 18.0 Å². The van der Waals surface area contributed by atoms with E-state index in [4.69, 9.17) is 20.5 Å². The number of rotatable bonds is 5. The van der Waals surface area contributed by atoms with Crippen LogP contribution in [-0.4, -0.2) is 31.1 Å². The molecule has 0 spiro atoms. The van der Waals surface area contributed by atoms with Gasteiger partial charge < -0.3 is 19.9 Å². The van der Waals surface area contributed by atoms with Crippen LogP contribution in [0.5, 0.6) is 11.5 Å². The highest BCUT2D eigenvalue weighted by molar-refractivity contribution is 6.02. The van der Waals surface area contributed by atoms with Gasteiger partial charge in [0.1, 0.15) is 17.6 Å². The maximum atomic E-state index is 11.9. The molecule has 0 saturated heterocycles. The predicted octanol–water partition coefficient (Wildman–Crippen LogP) is 0.876. The highest BCUT2D eigenvalue weighted by atomic mass is 16.6. The van der Waals surface area contributed by atoms with E-state index in [1.165, 1.54) is 19.1 Å². The van der Waals surface area contributed by atoms with E-state index >= 15 is 0 Å². The Kier molecular flexibility index (Phi) is 4.18. The molecule has 0 fully saturated rings. The number of nitriles is 1. The molecule has 0 unspecified atom stereocenters. The molecule has 2 N–H and O–H groups in total. The summed E-state index contributed by atoms with van der Waals surface area (Å²) in [6.45, 7) is 0.0977. The van der Waals surface area contributed by atoms with Crippen LogP contribution in [0.3, 0.4) is 0 Å². The second-order valence-corrected chi connectivity index (χ2v) is 4.28. The summed E-state index contributed by atoms with van der Waals surface area (Å²) in [5.41, 5.74) is 5.46. The first-order chi connectivity index (χ1) is 10.5. The fourth-order valence-electron chi connectivity index (χ4n) is 2.00.